The first-order chi connectivity index (χ1) is 22.3. The Morgan fingerprint density at radius 3 is 2.65 bits per heavy atom. The number of nitrogens with zero attached hydrogens (tertiary/aromatic N) is 7. The maximum absolute atomic E-state index is 13.9. The predicted octanol–water partition coefficient (Wildman–Crippen LogP) is 4.11. The van der Waals surface area contributed by atoms with E-state index in [1.54, 1.807) is 0 Å². The second-order valence-electron chi connectivity index (χ2n) is 13.0. The van der Waals surface area contributed by atoms with Gasteiger partial charge in [-0.1, -0.05) is 36.9 Å². The fourth-order valence-corrected chi connectivity index (χ4v) is 7.74. The van der Waals surface area contributed by atoms with Crippen LogP contribution in [-0.4, -0.2) is 97.4 Å². The van der Waals surface area contributed by atoms with Crippen LogP contribution in [0.25, 0.3) is 10.8 Å². The Kier molecular flexibility index (Phi) is 8.03. The number of carbonyl (C=O) groups excluding carboxylic acids is 1. The number of fused-ring (bicyclic) bond motifs is 3. The summed E-state index contributed by atoms with van der Waals surface area (Å²) in [6.45, 7) is 9.64. The summed E-state index contributed by atoms with van der Waals surface area (Å²) in [5.41, 5.74) is 3.82. The van der Waals surface area contributed by atoms with Gasteiger partial charge < -0.3 is 29.1 Å². The van der Waals surface area contributed by atoms with Crippen molar-refractivity contribution in [3.8, 4) is 12.1 Å². The number of amides is 1. The Balaban J connectivity index is 1.30. The van der Waals surface area contributed by atoms with E-state index in [1.807, 2.05) is 0 Å². The van der Waals surface area contributed by atoms with Gasteiger partial charge in [-0.25, -0.2) is 4.39 Å². The fraction of sp³-hybridized carbons (Fsp3) is 0.486. The van der Waals surface area contributed by atoms with Gasteiger partial charge in [-0.2, -0.15) is 15.2 Å². The van der Waals surface area contributed by atoms with E-state index in [9.17, 15) is 14.4 Å². The van der Waals surface area contributed by atoms with Crippen LogP contribution in [0.1, 0.15) is 36.1 Å². The molecule has 4 aliphatic heterocycles. The molecule has 11 heteroatoms. The molecule has 1 aromatic heterocycles. The van der Waals surface area contributed by atoms with Gasteiger partial charge in [0.15, 0.2) is 5.83 Å². The summed E-state index contributed by atoms with van der Waals surface area (Å²) < 4.78 is 26.3. The molecule has 4 aliphatic rings. The Labute approximate surface area is 269 Å². The van der Waals surface area contributed by atoms with E-state index in [0.29, 0.717) is 51.4 Å². The number of aryl methyl sites for hydroxylation is 1. The first-order valence-corrected chi connectivity index (χ1v) is 16.2. The van der Waals surface area contributed by atoms with E-state index < -0.39 is 23.3 Å². The molecule has 3 fully saturated rings. The van der Waals surface area contributed by atoms with Crippen LogP contribution in [0.2, 0.25) is 0 Å². The summed E-state index contributed by atoms with van der Waals surface area (Å²) in [5.74, 6) is -1.02. The van der Waals surface area contributed by atoms with Gasteiger partial charge in [-0.05, 0) is 56.8 Å². The third kappa shape index (κ3) is 5.13. The molecule has 1 amide bonds. The van der Waals surface area contributed by atoms with Gasteiger partial charge in [0.2, 0.25) is 0 Å². The smallest absolute Gasteiger partial charge is 0.318 e. The van der Waals surface area contributed by atoms with Crippen LogP contribution in [0.3, 0.4) is 0 Å². The molecule has 0 bridgehead atoms. The lowest BCUT2D eigenvalue weighted by atomic mass is 9.81. The lowest BCUT2D eigenvalue weighted by Crippen LogP contribution is -2.63. The Morgan fingerprint density at radius 2 is 1.96 bits per heavy atom. The second-order valence-corrected chi connectivity index (χ2v) is 13.0. The summed E-state index contributed by atoms with van der Waals surface area (Å²) in [4.78, 5) is 31.1. The molecule has 1 spiro atoms. The van der Waals surface area contributed by atoms with Crippen LogP contribution in [0.15, 0.2) is 48.8 Å². The molecular weight excluding hydrogens is 585 g/mol. The number of aromatic nitrogens is 2. The van der Waals surface area contributed by atoms with Crippen molar-refractivity contribution in [3.05, 3.63) is 65.6 Å². The van der Waals surface area contributed by atoms with Gasteiger partial charge >= 0.3 is 6.01 Å². The minimum absolute atomic E-state index is 0.0755. The molecule has 2 aromatic carbocycles. The maximum atomic E-state index is 13.9. The standard InChI is InChI=1S/C35H40FN7O3/c1-23-7-4-8-25-9-5-11-29(30(23)25)43-16-13-28-31(35(43)21-45-22-35)38-34(46-20-27-10-6-15-40(27)3)39-32(28)41-17-18-42(33(44)24(2)36)26(19-41)12-14-37/h4-5,7-9,11,26-27H,2,6,10,12-13,15-22H2,1,3H3/t26-,27-/m0/s1. The fourth-order valence-electron chi connectivity index (χ4n) is 7.74. The molecule has 0 N–H and O–H groups in total. The van der Waals surface area contributed by atoms with E-state index >= 15 is 0 Å². The second kappa shape index (κ2) is 12.2. The summed E-state index contributed by atoms with van der Waals surface area (Å²) in [6.07, 6.45) is 2.97. The van der Waals surface area contributed by atoms with Crippen molar-refractivity contribution in [2.75, 3.05) is 69.4 Å². The molecule has 2 atom stereocenters. The lowest BCUT2D eigenvalue weighted by Gasteiger charge is -2.54. The monoisotopic (exact) mass is 625 g/mol. The lowest BCUT2D eigenvalue weighted by molar-refractivity contribution is -0.131. The molecule has 5 heterocycles. The number of halogens is 1. The van der Waals surface area contributed by atoms with Crippen molar-refractivity contribution in [2.24, 2.45) is 0 Å². The number of carbonyl (C=O) groups is 1. The highest BCUT2D eigenvalue weighted by molar-refractivity contribution is 5.97. The summed E-state index contributed by atoms with van der Waals surface area (Å²) >= 11 is 0. The van der Waals surface area contributed by atoms with Crippen molar-refractivity contribution in [1.82, 2.24) is 19.8 Å². The molecular formula is C35H40FN7O3. The Hall–Kier alpha value is -4.27. The number of likely N-dealkylation sites (tertiary alicyclic amines) is 1. The minimum Gasteiger partial charge on any atom is -0.462 e. The number of hydrogen-bond donors (Lipinski definition) is 0. The molecule has 240 valence electrons. The quantitative estimate of drug-likeness (QED) is 0.360. The van der Waals surface area contributed by atoms with Crippen molar-refractivity contribution in [2.45, 2.75) is 50.2 Å². The third-order valence-corrected chi connectivity index (χ3v) is 10.2. The van der Waals surface area contributed by atoms with E-state index in [0.717, 1.165) is 48.7 Å². The summed E-state index contributed by atoms with van der Waals surface area (Å²) in [6, 6.07) is 15.2. The van der Waals surface area contributed by atoms with Crippen LogP contribution < -0.4 is 14.5 Å². The number of likely N-dealkylation sites (N-methyl/N-ethyl adjacent to an activating group) is 1. The number of nitriles is 1. The van der Waals surface area contributed by atoms with Crippen molar-refractivity contribution >= 4 is 28.2 Å². The number of hydrogen-bond acceptors (Lipinski definition) is 9. The number of piperazine rings is 1. The number of rotatable bonds is 7. The van der Waals surface area contributed by atoms with Gasteiger partial charge in [-0.15, -0.1) is 0 Å². The number of benzene rings is 2. The molecule has 46 heavy (non-hydrogen) atoms. The average molecular weight is 626 g/mol. The summed E-state index contributed by atoms with van der Waals surface area (Å²) in [7, 11) is 2.12. The van der Waals surface area contributed by atoms with E-state index in [2.05, 4.69) is 77.7 Å². The SMILES string of the molecule is C=C(F)C(=O)N1CCN(c2nc(OC[C@@H]3CCCN3C)nc3c2CCN(c2cccc4cccc(C)c24)C32COC2)C[C@@H]1CC#N. The minimum atomic E-state index is -1.01. The van der Waals surface area contributed by atoms with E-state index in [4.69, 9.17) is 19.4 Å². The van der Waals surface area contributed by atoms with Crippen molar-refractivity contribution < 1.29 is 18.7 Å². The van der Waals surface area contributed by atoms with Crippen LogP contribution in [-0.2, 0) is 21.5 Å². The van der Waals surface area contributed by atoms with Gasteiger partial charge in [0.1, 0.15) is 18.0 Å². The molecule has 10 nitrogen and oxygen atoms in total. The van der Waals surface area contributed by atoms with E-state index in [1.165, 1.54) is 21.2 Å². The highest BCUT2D eigenvalue weighted by Gasteiger charge is 2.52. The Morgan fingerprint density at radius 1 is 1.15 bits per heavy atom. The van der Waals surface area contributed by atoms with Gasteiger partial charge in [0, 0.05) is 48.9 Å². The third-order valence-electron chi connectivity index (χ3n) is 10.2. The highest BCUT2D eigenvalue weighted by Crippen LogP contribution is 2.47. The molecule has 3 aromatic rings. The van der Waals surface area contributed by atoms with E-state index in [-0.39, 0.29) is 13.0 Å². The van der Waals surface area contributed by atoms with Crippen molar-refractivity contribution in [1.29, 1.82) is 5.26 Å². The zero-order valence-corrected chi connectivity index (χ0v) is 26.5. The normalized spacial score (nSPS) is 22.4. The molecule has 3 saturated heterocycles. The summed E-state index contributed by atoms with van der Waals surface area (Å²) in [5, 5.41) is 12.0. The average Bonchev–Trinajstić information content (AvgIpc) is 3.45. The van der Waals surface area contributed by atoms with Gasteiger partial charge in [0.25, 0.3) is 5.91 Å². The van der Waals surface area contributed by atoms with Crippen LogP contribution >= 0.6 is 0 Å². The van der Waals surface area contributed by atoms with Gasteiger partial charge in [-0.3, -0.25) is 4.79 Å². The maximum Gasteiger partial charge on any atom is 0.318 e. The Bertz CT molecular complexity index is 1710. The number of ether oxygens (including phenoxy) is 2. The van der Waals surface area contributed by atoms with Crippen LogP contribution in [0.5, 0.6) is 6.01 Å². The molecule has 7 rings (SSSR count). The molecule has 0 saturated carbocycles. The highest BCUT2D eigenvalue weighted by atomic mass is 19.1. The first-order valence-electron chi connectivity index (χ1n) is 16.2. The number of anilines is 2. The largest absolute Gasteiger partial charge is 0.462 e. The van der Waals surface area contributed by atoms with Crippen LogP contribution in [0, 0.1) is 18.3 Å². The molecule has 0 unspecified atom stereocenters. The molecule has 0 aliphatic carbocycles. The zero-order chi connectivity index (χ0) is 32.0. The van der Waals surface area contributed by atoms with Crippen LogP contribution in [0.4, 0.5) is 15.9 Å². The molecule has 0 radical (unpaired) electrons. The van der Waals surface area contributed by atoms with Crippen molar-refractivity contribution in [3.63, 3.8) is 0 Å². The van der Waals surface area contributed by atoms with Gasteiger partial charge in [0.05, 0.1) is 37.4 Å². The zero-order valence-electron chi connectivity index (χ0n) is 26.5. The predicted molar refractivity (Wildman–Crippen MR) is 174 cm³/mol. The first kappa shape index (κ1) is 30.4. The topological polar surface area (TPSA) is 98.1 Å².